The van der Waals surface area contributed by atoms with Crippen molar-refractivity contribution in [1.82, 2.24) is 0 Å². The minimum absolute atomic E-state index is 0.0486. The fourth-order valence-electron chi connectivity index (χ4n) is 1.93. The lowest BCUT2D eigenvalue weighted by Gasteiger charge is -2.17. The molecule has 18 heavy (non-hydrogen) atoms. The van der Waals surface area contributed by atoms with Crippen molar-refractivity contribution in [3.05, 3.63) is 28.2 Å². The summed E-state index contributed by atoms with van der Waals surface area (Å²) in [5.74, 6) is 0.698. The Morgan fingerprint density at radius 2 is 2.28 bits per heavy atom. The average molecular weight is 310 g/mol. The standard InChI is InChI=1S/C14H16BrNO2/c1-10(17)12-3-2-11(15)8-13(12)18-9-14(4-5-14)6-7-16/h2-3,8,10,17H,4-6,9H2,1H3. The van der Waals surface area contributed by atoms with Crippen molar-refractivity contribution in [3.8, 4) is 11.8 Å². The normalized spacial score (nSPS) is 17.9. The van der Waals surface area contributed by atoms with Crippen LogP contribution in [-0.4, -0.2) is 11.7 Å². The Morgan fingerprint density at radius 3 is 2.83 bits per heavy atom. The van der Waals surface area contributed by atoms with Gasteiger partial charge in [0.05, 0.1) is 18.8 Å². The van der Waals surface area contributed by atoms with Crippen molar-refractivity contribution < 1.29 is 9.84 Å². The van der Waals surface area contributed by atoms with Crippen LogP contribution in [0.2, 0.25) is 0 Å². The minimum Gasteiger partial charge on any atom is -0.493 e. The molecule has 1 unspecified atom stereocenters. The van der Waals surface area contributed by atoms with E-state index in [4.69, 9.17) is 10.00 Å². The van der Waals surface area contributed by atoms with Gasteiger partial charge in [0.25, 0.3) is 0 Å². The number of hydrogen-bond acceptors (Lipinski definition) is 3. The molecule has 3 nitrogen and oxygen atoms in total. The molecule has 2 rings (SSSR count). The lowest BCUT2D eigenvalue weighted by Crippen LogP contribution is -2.13. The first-order valence-electron chi connectivity index (χ1n) is 6.04. The van der Waals surface area contributed by atoms with Crippen molar-refractivity contribution in [2.75, 3.05) is 6.61 Å². The number of aliphatic hydroxyl groups is 1. The molecule has 1 saturated carbocycles. The molecule has 0 aromatic heterocycles. The number of aliphatic hydroxyl groups excluding tert-OH is 1. The Labute approximate surface area is 116 Å². The maximum absolute atomic E-state index is 9.70. The fraction of sp³-hybridized carbons (Fsp3) is 0.500. The summed E-state index contributed by atoms with van der Waals surface area (Å²) in [6.07, 6.45) is 2.10. The number of nitriles is 1. The molecule has 1 N–H and O–H groups in total. The van der Waals surface area contributed by atoms with Gasteiger partial charge in [-0.15, -0.1) is 0 Å². The van der Waals surface area contributed by atoms with E-state index in [1.165, 1.54) is 0 Å². The SMILES string of the molecule is CC(O)c1ccc(Br)cc1OCC1(CC#N)CC1. The molecule has 0 aliphatic heterocycles. The number of rotatable bonds is 5. The molecule has 1 aliphatic carbocycles. The van der Waals surface area contributed by atoms with E-state index in [1.54, 1.807) is 6.92 Å². The zero-order chi connectivity index (χ0) is 13.2. The molecule has 1 fully saturated rings. The summed E-state index contributed by atoms with van der Waals surface area (Å²) in [7, 11) is 0. The first kappa shape index (κ1) is 13.4. The van der Waals surface area contributed by atoms with Gasteiger partial charge in [-0.2, -0.15) is 5.26 Å². The van der Waals surface area contributed by atoms with Gasteiger partial charge in [0.15, 0.2) is 0 Å². The topological polar surface area (TPSA) is 53.2 Å². The molecule has 1 atom stereocenters. The summed E-state index contributed by atoms with van der Waals surface area (Å²) in [5, 5.41) is 18.5. The third kappa shape index (κ3) is 3.04. The first-order valence-corrected chi connectivity index (χ1v) is 6.83. The predicted octanol–water partition coefficient (Wildman–Crippen LogP) is 3.58. The molecular formula is C14H16BrNO2. The predicted molar refractivity (Wildman–Crippen MR) is 72.2 cm³/mol. The zero-order valence-corrected chi connectivity index (χ0v) is 11.9. The van der Waals surface area contributed by atoms with Crippen LogP contribution in [-0.2, 0) is 0 Å². The van der Waals surface area contributed by atoms with Crippen LogP contribution in [0.25, 0.3) is 0 Å². The first-order chi connectivity index (χ1) is 8.56. The van der Waals surface area contributed by atoms with E-state index < -0.39 is 6.10 Å². The van der Waals surface area contributed by atoms with E-state index in [2.05, 4.69) is 22.0 Å². The van der Waals surface area contributed by atoms with Crippen molar-refractivity contribution in [2.24, 2.45) is 5.41 Å². The molecular weight excluding hydrogens is 294 g/mol. The molecule has 1 aliphatic rings. The third-order valence-corrected chi connectivity index (χ3v) is 3.86. The van der Waals surface area contributed by atoms with Gasteiger partial charge in [-0.05, 0) is 31.9 Å². The van der Waals surface area contributed by atoms with Gasteiger partial charge in [-0.3, -0.25) is 0 Å². The molecule has 4 heteroatoms. The Balaban J connectivity index is 2.09. The van der Waals surface area contributed by atoms with E-state index >= 15 is 0 Å². The van der Waals surface area contributed by atoms with Gasteiger partial charge < -0.3 is 9.84 Å². The van der Waals surface area contributed by atoms with Gasteiger partial charge in [0.2, 0.25) is 0 Å². The number of hydrogen-bond donors (Lipinski definition) is 1. The van der Waals surface area contributed by atoms with Gasteiger partial charge in [0, 0.05) is 21.9 Å². The number of nitrogens with zero attached hydrogens (tertiary/aromatic N) is 1. The van der Waals surface area contributed by atoms with Crippen molar-refractivity contribution in [1.29, 1.82) is 5.26 Å². The summed E-state index contributed by atoms with van der Waals surface area (Å²) in [5.41, 5.74) is 0.832. The molecule has 0 heterocycles. The second-order valence-corrected chi connectivity index (χ2v) is 5.90. The number of ether oxygens (including phenoxy) is 1. The molecule has 0 spiro atoms. The largest absolute Gasteiger partial charge is 0.493 e. The van der Waals surface area contributed by atoms with Gasteiger partial charge in [-0.1, -0.05) is 22.0 Å². The van der Waals surface area contributed by atoms with Crippen LogP contribution in [0, 0.1) is 16.7 Å². The Kier molecular flexibility index (Phi) is 3.94. The second kappa shape index (κ2) is 5.29. The van der Waals surface area contributed by atoms with Gasteiger partial charge in [-0.25, -0.2) is 0 Å². The van der Waals surface area contributed by atoms with Crippen LogP contribution in [0.15, 0.2) is 22.7 Å². The van der Waals surface area contributed by atoms with Crippen LogP contribution in [0.1, 0.15) is 37.9 Å². The van der Waals surface area contributed by atoms with Crippen molar-refractivity contribution in [3.63, 3.8) is 0 Å². The molecule has 1 aromatic rings. The highest BCUT2D eigenvalue weighted by molar-refractivity contribution is 9.10. The molecule has 0 bridgehead atoms. The number of halogens is 1. The van der Waals surface area contributed by atoms with Crippen LogP contribution in [0.3, 0.4) is 0 Å². The average Bonchev–Trinajstić information content (AvgIpc) is 3.07. The third-order valence-electron chi connectivity index (χ3n) is 3.37. The van der Waals surface area contributed by atoms with Crippen LogP contribution < -0.4 is 4.74 Å². The van der Waals surface area contributed by atoms with E-state index in [9.17, 15) is 5.11 Å². The van der Waals surface area contributed by atoms with Gasteiger partial charge >= 0.3 is 0 Å². The van der Waals surface area contributed by atoms with E-state index in [0.29, 0.717) is 18.8 Å². The summed E-state index contributed by atoms with van der Waals surface area (Å²) >= 11 is 3.40. The quantitative estimate of drug-likeness (QED) is 0.904. The monoisotopic (exact) mass is 309 g/mol. The van der Waals surface area contributed by atoms with E-state index in [-0.39, 0.29) is 5.41 Å². The summed E-state index contributed by atoms with van der Waals surface area (Å²) in [6, 6.07) is 7.82. The smallest absolute Gasteiger partial charge is 0.126 e. The lowest BCUT2D eigenvalue weighted by molar-refractivity contribution is 0.183. The Morgan fingerprint density at radius 1 is 1.56 bits per heavy atom. The Bertz CT molecular complexity index is 475. The van der Waals surface area contributed by atoms with Crippen LogP contribution in [0.5, 0.6) is 5.75 Å². The highest BCUT2D eigenvalue weighted by atomic mass is 79.9. The maximum atomic E-state index is 9.70. The van der Waals surface area contributed by atoms with Gasteiger partial charge in [0.1, 0.15) is 5.75 Å². The molecule has 0 radical (unpaired) electrons. The van der Waals surface area contributed by atoms with E-state index in [0.717, 1.165) is 22.9 Å². The van der Waals surface area contributed by atoms with Crippen LogP contribution >= 0.6 is 15.9 Å². The second-order valence-electron chi connectivity index (χ2n) is 4.98. The molecule has 1 aromatic carbocycles. The van der Waals surface area contributed by atoms with Crippen LogP contribution in [0.4, 0.5) is 0 Å². The summed E-state index contributed by atoms with van der Waals surface area (Å²) in [6.45, 7) is 2.27. The Hall–Kier alpha value is -1.05. The zero-order valence-electron chi connectivity index (χ0n) is 10.3. The summed E-state index contributed by atoms with van der Waals surface area (Å²) in [4.78, 5) is 0. The lowest BCUT2D eigenvalue weighted by atomic mass is 10.1. The molecule has 0 saturated heterocycles. The fourth-order valence-corrected chi connectivity index (χ4v) is 2.27. The van der Waals surface area contributed by atoms with E-state index in [1.807, 2.05) is 18.2 Å². The summed E-state index contributed by atoms with van der Waals surface area (Å²) < 4.78 is 6.74. The molecule has 0 amide bonds. The number of benzene rings is 1. The van der Waals surface area contributed by atoms with Crippen molar-refractivity contribution >= 4 is 15.9 Å². The highest BCUT2D eigenvalue weighted by Gasteiger charge is 2.43. The highest BCUT2D eigenvalue weighted by Crippen LogP contribution is 2.49. The molecule has 96 valence electrons. The van der Waals surface area contributed by atoms with Crippen molar-refractivity contribution in [2.45, 2.75) is 32.3 Å². The minimum atomic E-state index is -0.556. The maximum Gasteiger partial charge on any atom is 0.126 e.